The second-order valence-corrected chi connectivity index (χ2v) is 6.02. The van der Waals surface area contributed by atoms with Crippen LogP contribution in [0.15, 0.2) is 60.7 Å². The van der Waals surface area contributed by atoms with E-state index in [0.29, 0.717) is 5.56 Å². The second kappa shape index (κ2) is 9.04. The molecule has 3 aromatic rings. The number of aromatic hydroxyl groups is 1. The summed E-state index contributed by atoms with van der Waals surface area (Å²) in [4.78, 5) is 39.6. The Morgan fingerprint density at radius 1 is 0.680 bits per heavy atom. The molecule has 9 heteroatoms. The minimum absolute atomic E-state index is 0.0524. The molecular weight excluding hydrogens is 366 g/mol. The molecule has 132 valence electrons. The number of phenols is 1. The van der Waals surface area contributed by atoms with Crippen molar-refractivity contribution in [2.24, 2.45) is 0 Å². The molecule has 0 saturated heterocycles. The number of rotatable bonds is 3. The van der Waals surface area contributed by atoms with Gasteiger partial charge in [-0.25, -0.2) is 0 Å². The zero-order chi connectivity index (χ0) is 18.4. The van der Waals surface area contributed by atoms with Crippen LogP contribution in [0.3, 0.4) is 0 Å². The van der Waals surface area contributed by atoms with Gasteiger partial charge in [-0.3, -0.25) is 0 Å². The third-order valence-electron chi connectivity index (χ3n) is 3.26. The Labute approximate surface area is 146 Å². The lowest BCUT2D eigenvalue weighted by molar-refractivity contribution is 0.360. The van der Waals surface area contributed by atoms with E-state index in [4.69, 9.17) is 29.0 Å². The van der Waals surface area contributed by atoms with Crippen molar-refractivity contribution in [3.63, 3.8) is 0 Å². The van der Waals surface area contributed by atoms with Crippen LogP contribution in [-0.2, 0) is 0 Å². The Kier molecular flexibility index (Phi) is 7.05. The number of fused-ring (bicyclic) bond motifs is 1. The molecule has 0 spiro atoms. The summed E-state index contributed by atoms with van der Waals surface area (Å²) in [6.07, 6.45) is 0. The summed E-state index contributed by atoms with van der Waals surface area (Å²) in [6.45, 7) is 0. The average molecular weight is 382 g/mol. The molecule has 7 nitrogen and oxygen atoms in total. The molecule has 6 N–H and O–H groups in total. The van der Waals surface area contributed by atoms with Gasteiger partial charge in [-0.1, -0.05) is 54.6 Å². The van der Waals surface area contributed by atoms with E-state index >= 15 is 0 Å². The number of hydrogen-bond donors (Lipinski definition) is 6. The van der Waals surface area contributed by atoms with Gasteiger partial charge < -0.3 is 34.1 Å². The fourth-order valence-corrected chi connectivity index (χ4v) is 2.68. The summed E-state index contributed by atoms with van der Waals surface area (Å²) in [7, 11) is -5.19. The zero-order valence-electron chi connectivity index (χ0n) is 12.8. The van der Waals surface area contributed by atoms with Crippen LogP contribution < -0.4 is 4.52 Å². The maximum Gasteiger partial charge on any atom is 0.391 e. The summed E-state index contributed by atoms with van der Waals surface area (Å²) in [5, 5.41) is 12.4. The molecule has 3 rings (SSSR count). The Hall–Kier alpha value is -1.82. The van der Waals surface area contributed by atoms with Gasteiger partial charge in [0.15, 0.2) is 11.5 Å². The van der Waals surface area contributed by atoms with E-state index in [-0.39, 0.29) is 11.5 Å². The summed E-state index contributed by atoms with van der Waals surface area (Å²) < 4.78 is 4.85. The van der Waals surface area contributed by atoms with Crippen molar-refractivity contribution in [1.29, 1.82) is 0 Å². The molecule has 0 saturated carbocycles. The standard InChI is InChI=1S/C16H13O4P.H3O3P/c17-16-14(9-4-10-15(16)20-21(18)19)13-8-3-6-11-5-1-2-7-12(11)13;1-4(2)3/h1-10,17-19H;1-3H. The van der Waals surface area contributed by atoms with Crippen molar-refractivity contribution >= 4 is 28.0 Å². The van der Waals surface area contributed by atoms with Crippen LogP contribution in [0.4, 0.5) is 0 Å². The third-order valence-corrected chi connectivity index (χ3v) is 3.62. The highest BCUT2D eigenvalue weighted by Crippen LogP contribution is 2.43. The molecule has 0 radical (unpaired) electrons. The maximum atomic E-state index is 10.3. The molecule has 3 aromatic carbocycles. The molecule has 0 amide bonds. The lowest BCUT2D eigenvalue weighted by Crippen LogP contribution is -1.88. The average Bonchev–Trinajstić information content (AvgIpc) is 2.55. The Morgan fingerprint density at radius 3 is 1.92 bits per heavy atom. The topological polar surface area (TPSA) is 131 Å². The van der Waals surface area contributed by atoms with Crippen LogP contribution in [0.1, 0.15) is 0 Å². The minimum Gasteiger partial charge on any atom is -0.504 e. The van der Waals surface area contributed by atoms with Crippen LogP contribution in [0.5, 0.6) is 11.5 Å². The van der Waals surface area contributed by atoms with E-state index in [2.05, 4.69) is 0 Å². The molecule has 0 unspecified atom stereocenters. The second-order valence-electron chi connectivity index (χ2n) is 4.79. The Morgan fingerprint density at radius 2 is 1.24 bits per heavy atom. The molecule has 0 aromatic heterocycles. The summed E-state index contributed by atoms with van der Waals surface area (Å²) in [5.41, 5.74) is 1.44. The molecule has 0 aliphatic carbocycles. The van der Waals surface area contributed by atoms with Crippen LogP contribution in [0, 0.1) is 0 Å². The predicted octanol–water partition coefficient (Wildman–Crippen LogP) is 2.99. The Balaban J connectivity index is 0.000000511. The molecule has 0 heterocycles. The molecule has 0 bridgehead atoms. The summed E-state index contributed by atoms with van der Waals surface area (Å²) in [5.74, 6) is -0.0546. The normalized spacial score (nSPS) is 10.7. The first kappa shape index (κ1) is 19.5. The van der Waals surface area contributed by atoms with Crippen LogP contribution in [0.2, 0.25) is 0 Å². The van der Waals surface area contributed by atoms with Gasteiger partial charge in [-0.05, 0) is 22.4 Å². The molecule has 0 fully saturated rings. The van der Waals surface area contributed by atoms with Gasteiger partial charge in [0, 0.05) is 5.56 Å². The fourth-order valence-electron chi connectivity index (χ4n) is 2.36. The van der Waals surface area contributed by atoms with Crippen molar-refractivity contribution in [1.82, 2.24) is 0 Å². The first-order valence-electron chi connectivity index (χ1n) is 6.93. The third kappa shape index (κ3) is 5.33. The number of phenolic OH excluding ortho intramolecular Hbond substituents is 1. The van der Waals surface area contributed by atoms with Crippen molar-refractivity contribution in [2.45, 2.75) is 0 Å². The van der Waals surface area contributed by atoms with E-state index in [1.807, 2.05) is 42.5 Å². The van der Waals surface area contributed by atoms with Crippen molar-refractivity contribution in [3.8, 4) is 22.6 Å². The van der Waals surface area contributed by atoms with Gasteiger partial charge in [-0.2, -0.15) is 0 Å². The fraction of sp³-hybridized carbons (Fsp3) is 0. The quantitative estimate of drug-likeness (QED) is 0.384. The smallest absolute Gasteiger partial charge is 0.391 e. The molecule has 0 aliphatic rings. The number of hydrogen-bond acceptors (Lipinski definition) is 7. The number of para-hydroxylation sites is 1. The van der Waals surface area contributed by atoms with Gasteiger partial charge in [0.1, 0.15) is 0 Å². The summed E-state index contributed by atoms with van der Waals surface area (Å²) >= 11 is 0. The van der Waals surface area contributed by atoms with Gasteiger partial charge in [0.2, 0.25) is 0 Å². The lowest BCUT2D eigenvalue weighted by atomic mass is 9.97. The Bertz CT molecular complexity index is 832. The van der Waals surface area contributed by atoms with Crippen molar-refractivity contribution in [3.05, 3.63) is 60.7 Å². The highest BCUT2D eigenvalue weighted by Gasteiger charge is 2.14. The highest BCUT2D eigenvalue weighted by atomic mass is 31.2. The van der Waals surface area contributed by atoms with Crippen LogP contribution in [-0.4, -0.2) is 29.6 Å². The molecule has 25 heavy (non-hydrogen) atoms. The van der Waals surface area contributed by atoms with Crippen LogP contribution >= 0.6 is 17.2 Å². The van der Waals surface area contributed by atoms with Gasteiger partial charge >= 0.3 is 17.2 Å². The maximum absolute atomic E-state index is 10.3. The SMILES string of the molecule is OP(O)O.Oc1c(OP(O)O)cccc1-c1cccc2ccccc12. The van der Waals surface area contributed by atoms with E-state index in [1.54, 1.807) is 12.1 Å². The molecule has 0 aliphatic heterocycles. The van der Waals surface area contributed by atoms with Crippen LogP contribution in [0.25, 0.3) is 21.9 Å². The first-order valence-corrected chi connectivity index (χ1v) is 9.29. The van der Waals surface area contributed by atoms with Gasteiger partial charge in [-0.15, -0.1) is 0 Å². The zero-order valence-corrected chi connectivity index (χ0v) is 14.5. The summed E-state index contributed by atoms with van der Waals surface area (Å²) in [6, 6.07) is 18.6. The van der Waals surface area contributed by atoms with Crippen molar-refractivity contribution in [2.75, 3.05) is 0 Å². The largest absolute Gasteiger partial charge is 0.504 e. The monoisotopic (exact) mass is 382 g/mol. The highest BCUT2D eigenvalue weighted by molar-refractivity contribution is 7.39. The lowest BCUT2D eigenvalue weighted by Gasteiger charge is -2.12. The van der Waals surface area contributed by atoms with E-state index < -0.39 is 17.2 Å². The molecule has 0 atom stereocenters. The van der Waals surface area contributed by atoms with Gasteiger partial charge in [0.25, 0.3) is 0 Å². The minimum atomic E-state index is -2.62. The van der Waals surface area contributed by atoms with Gasteiger partial charge in [0.05, 0.1) is 0 Å². The van der Waals surface area contributed by atoms with Crippen molar-refractivity contribution < 1.29 is 34.1 Å². The van der Waals surface area contributed by atoms with E-state index in [9.17, 15) is 5.11 Å². The van der Waals surface area contributed by atoms with E-state index in [0.717, 1.165) is 16.3 Å². The molecular formula is C16H16O7P2. The predicted molar refractivity (Wildman–Crippen MR) is 96.6 cm³/mol. The first-order chi connectivity index (χ1) is 11.9. The number of benzene rings is 3. The van der Waals surface area contributed by atoms with E-state index in [1.165, 1.54) is 6.07 Å².